The molecule has 2 amide bonds. The number of carbonyl (C=O) groups is 2. The van der Waals surface area contributed by atoms with Crippen molar-refractivity contribution < 1.29 is 37.0 Å². The Balaban J connectivity index is 0.719. The van der Waals surface area contributed by atoms with Crippen LogP contribution in [0.1, 0.15) is 78.3 Å². The van der Waals surface area contributed by atoms with Crippen molar-refractivity contribution in [1.29, 1.82) is 0 Å². The Labute approximate surface area is 462 Å². The fourth-order valence-corrected chi connectivity index (χ4v) is 15.3. The van der Waals surface area contributed by atoms with Gasteiger partial charge in [0, 0.05) is 99.2 Å². The van der Waals surface area contributed by atoms with E-state index in [1.807, 2.05) is 64.0 Å². The van der Waals surface area contributed by atoms with E-state index >= 15 is 4.39 Å². The number of carbonyl (C=O) groups excluding carboxylic acids is 2. The Hall–Kier alpha value is -6.74. The van der Waals surface area contributed by atoms with Gasteiger partial charge in [-0.2, -0.15) is 0 Å². The lowest BCUT2D eigenvalue weighted by molar-refractivity contribution is -0.112. The molecule has 3 aliphatic heterocycles. The summed E-state index contributed by atoms with van der Waals surface area (Å²) in [4.78, 5) is 53.0. The predicted molar refractivity (Wildman–Crippen MR) is 299 cm³/mol. The van der Waals surface area contributed by atoms with Gasteiger partial charge in [0.25, 0.3) is 11.8 Å². The van der Waals surface area contributed by atoms with Crippen molar-refractivity contribution in [2.75, 3.05) is 51.9 Å². The molecule has 18 nitrogen and oxygen atoms in total. The number of sulfone groups is 1. The zero-order valence-electron chi connectivity index (χ0n) is 45.5. The number of pyridine rings is 2. The van der Waals surface area contributed by atoms with Gasteiger partial charge in [-0.25, -0.2) is 32.7 Å². The minimum absolute atomic E-state index is 0.0462. The number of halogens is 1. The molecule has 8 atom stereocenters. The number of piperidine rings is 1. The highest BCUT2D eigenvalue weighted by molar-refractivity contribution is 7.90. The number of amides is 2. The van der Waals surface area contributed by atoms with Crippen molar-refractivity contribution in [3.05, 3.63) is 89.5 Å². The van der Waals surface area contributed by atoms with Gasteiger partial charge >= 0.3 is 0 Å². The SMILES string of the molecule is COc1cc(C(=O)N2CCO[C@H]3C(CC(C)(O)c4ccc5cc(-c6nc7cc(C(=O)N8C[C@H]9CC%10C[C@@H]8[C@H]%109)cc(F)c7n6CCS(C)(=O)=O)n(CC6CC6)c5n4)CNC[C@H]32)cc2nc(-c3cc4cccnc4n3CC3CC3)n(C)c12. The Morgan fingerprint density at radius 1 is 0.825 bits per heavy atom. The lowest BCUT2D eigenvalue weighted by Gasteiger charge is -2.52. The number of aryl methyl sites for hydroxylation is 2. The molecule has 8 aromatic rings. The summed E-state index contributed by atoms with van der Waals surface area (Å²) >= 11 is 0. The average molecular weight is 1100 g/mol. The van der Waals surface area contributed by atoms with Crippen LogP contribution < -0.4 is 10.1 Å². The van der Waals surface area contributed by atoms with Gasteiger partial charge in [-0.15, -0.1) is 0 Å². The number of methoxy groups -OCH3 is 1. The summed E-state index contributed by atoms with van der Waals surface area (Å²) in [5, 5.41) is 18.0. The molecule has 9 heterocycles. The summed E-state index contributed by atoms with van der Waals surface area (Å²) in [6, 6.07) is 18.4. The van der Waals surface area contributed by atoms with Crippen LogP contribution in [0.15, 0.2) is 66.9 Å². The first-order valence-corrected chi connectivity index (χ1v) is 30.7. The second-order valence-electron chi connectivity index (χ2n) is 24.7. The number of likely N-dealkylation sites (tertiary alicyclic amines) is 1. The van der Waals surface area contributed by atoms with Crippen LogP contribution >= 0.6 is 0 Å². The first-order valence-electron chi connectivity index (χ1n) is 28.6. The van der Waals surface area contributed by atoms with Gasteiger partial charge in [-0.05, 0) is 142 Å². The number of imidazole rings is 2. The van der Waals surface area contributed by atoms with Crippen molar-refractivity contribution in [3.8, 4) is 28.8 Å². The van der Waals surface area contributed by atoms with E-state index in [2.05, 4.69) is 26.6 Å². The number of nitrogens with zero attached hydrogens (tertiary/aromatic N) is 10. The molecule has 416 valence electrons. The number of hydrogen-bond acceptors (Lipinski definition) is 12. The summed E-state index contributed by atoms with van der Waals surface area (Å²) in [7, 11) is 0.134. The zero-order chi connectivity index (χ0) is 54.7. The van der Waals surface area contributed by atoms with Gasteiger partial charge in [0.2, 0.25) is 0 Å². The van der Waals surface area contributed by atoms with Gasteiger partial charge in [-0.1, -0.05) is 0 Å². The lowest BCUT2D eigenvalue weighted by atomic mass is 9.53. The zero-order valence-corrected chi connectivity index (χ0v) is 46.3. The normalized spacial score (nSPS) is 25.2. The van der Waals surface area contributed by atoms with Gasteiger partial charge in [-0.3, -0.25) is 9.59 Å². The monoisotopic (exact) mass is 1100 g/mol. The Kier molecular flexibility index (Phi) is 11.5. The number of ether oxygens (including phenoxy) is 2. The molecule has 20 heteroatoms. The van der Waals surface area contributed by atoms with E-state index in [1.54, 1.807) is 24.7 Å². The van der Waals surface area contributed by atoms with Crippen molar-refractivity contribution in [2.45, 2.75) is 95.3 Å². The van der Waals surface area contributed by atoms with E-state index in [-0.39, 0.29) is 71.2 Å². The molecule has 15 rings (SSSR count). The molecular formula is C60H66FN11O7S. The van der Waals surface area contributed by atoms with Gasteiger partial charge in [0.1, 0.15) is 49.3 Å². The molecule has 2 aromatic carbocycles. The smallest absolute Gasteiger partial charge is 0.254 e. The first kappa shape index (κ1) is 50.2. The van der Waals surface area contributed by atoms with Crippen LogP contribution in [-0.4, -0.2) is 143 Å². The van der Waals surface area contributed by atoms with E-state index in [0.29, 0.717) is 109 Å². The third kappa shape index (κ3) is 8.27. The molecule has 6 aromatic heterocycles. The average Bonchev–Trinajstić information content (AvgIpc) is 4.50. The van der Waals surface area contributed by atoms with Crippen LogP contribution in [0.5, 0.6) is 5.75 Å². The number of nitrogens with one attached hydrogen (secondary N) is 1. The van der Waals surface area contributed by atoms with E-state index in [0.717, 1.165) is 65.7 Å². The molecule has 4 saturated carbocycles. The van der Waals surface area contributed by atoms with Crippen LogP contribution in [0.3, 0.4) is 0 Å². The molecule has 0 radical (unpaired) electrons. The topological polar surface area (TPSA) is 197 Å². The molecule has 0 bridgehead atoms. The Morgan fingerprint density at radius 3 is 2.25 bits per heavy atom. The lowest BCUT2D eigenvalue weighted by Crippen LogP contribution is -2.64. The van der Waals surface area contributed by atoms with Crippen LogP contribution in [0.2, 0.25) is 0 Å². The Bertz CT molecular complexity index is 4010. The maximum absolute atomic E-state index is 16.7. The van der Waals surface area contributed by atoms with Gasteiger partial charge in [0.15, 0.2) is 11.6 Å². The van der Waals surface area contributed by atoms with Crippen molar-refractivity contribution in [1.82, 2.24) is 53.3 Å². The van der Waals surface area contributed by atoms with Crippen LogP contribution in [-0.2, 0) is 46.9 Å². The Morgan fingerprint density at radius 2 is 1.52 bits per heavy atom. The quantitative estimate of drug-likeness (QED) is 0.105. The van der Waals surface area contributed by atoms with Crippen molar-refractivity contribution in [3.63, 3.8) is 0 Å². The fraction of sp³-hybridized carbons (Fsp3) is 0.500. The second kappa shape index (κ2) is 18.4. The number of morpholine rings is 1. The number of rotatable bonds is 15. The fourth-order valence-electron chi connectivity index (χ4n) is 14.7. The number of aromatic nitrogens is 8. The van der Waals surface area contributed by atoms with Crippen molar-refractivity contribution >= 4 is 65.8 Å². The maximum Gasteiger partial charge on any atom is 0.254 e. The minimum atomic E-state index is -3.47. The first-order chi connectivity index (χ1) is 38.6. The molecule has 7 aliphatic rings. The molecule has 80 heavy (non-hydrogen) atoms. The van der Waals surface area contributed by atoms with Crippen LogP contribution in [0.25, 0.3) is 67.2 Å². The molecule has 0 spiro atoms. The molecule has 3 unspecified atom stereocenters. The number of fused-ring (bicyclic) bond motifs is 5. The summed E-state index contributed by atoms with van der Waals surface area (Å²) in [5.41, 5.74) is 4.80. The predicted octanol–water partition coefficient (Wildman–Crippen LogP) is 7.18. The second-order valence-corrected chi connectivity index (χ2v) is 26.9. The van der Waals surface area contributed by atoms with E-state index in [9.17, 15) is 23.1 Å². The minimum Gasteiger partial charge on any atom is -0.494 e. The number of aliphatic hydroxyl groups is 1. The summed E-state index contributed by atoms with van der Waals surface area (Å²) in [6.45, 7) is 5.68. The van der Waals surface area contributed by atoms with E-state index < -0.39 is 21.3 Å². The third-order valence-electron chi connectivity index (χ3n) is 19.2. The highest BCUT2D eigenvalue weighted by Crippen LogP contribution is 2.61. The van der Waals surface area contributed by atoms with Crippen molar-refractivity contribution in [2.24, 2.45) is 42.6 Å². The maximum atomic E-state index is 16.7. The summed E-state index contributed by atoms with van der Waals surface area (Å²) in [5.74, 6) is 3.08. The molecular weight excluding hydrogens is 1040 g/mol. The number of benzene rings is 2. The van der Waals surface area contributed by atoms with Crippen LogP contribution in [0, 0.1) is 41.3 Å². The molecule has 3 saturated heterocycles. The largest absolute Gasteiger partial charge is 0.494 e. The summed E-state index contributed by atoms with van der Waals surface area (Å²) in [6.07, 6.45) is 9.50. The van der Waals surface area contributed by atoms with Crippen LogP contribution in [0.4, 0.5) is 4.39 Å². The molecule has 7 fully saturated rings. The summed E-state index contributed by atoms with van der Waals surface area (Å²) < 4.78 is 62.7. The number of hydrogen-bond donors (Lipinski definition) is 2. The third-order valence-corrected chi connectivity index (χ3v) is 20.1. The molecule has 4 aliphatic carbocycles. The van der Waals surface area contributed by atoms with Gasteiger partial charge < -0.3 is 48.0 Å². The standard InChI is InChI=1S/C60H66FN11O7S/c1-60(75,26-40-27-62-28-47-53(40)79-16-14-68(47)58(73)38-21-43-52(48(25-38)78-3)67(2)56(64-43)45-22-34-6-5-13-63-54(34)70(45)29-32-7-8-32)49-12-11-35-23-46(71(55(35)66-49)30-33-9-10-33)57-65-42-20-37(19-41(61)51(42)69(57)15-17-80(4,76)77)59(74)72-31-39-18-36-24-44(72)50(36)39/h5-6,11-13,19-23,25,32-33,36,39-40,44,47,50,53,62,75H,7-10,14-18,24,26-31H2,1-4H3/t36?,39-,40?,44-,47-,50-,53+,60?/m1/s1. The van der Waals surface area contributed by atoms with E-state index in [1.165, 1.54) is 25.2 Å². The molecule has 2 N–H and O–H groups in total. The van der Waals surface area contributed by atoms with Gasteiger partial charge in [0.05, 0.1) is 59.7 Å². The van der Waals surface area contributed by atoms with E-state index in [4.69, 9.17) is 29.4 Å². The highest BCUT2D eigenvalue weighted by Gasteiger charge is 2.62. The highest BCUT2D eigenvalue weighted by atomic mass is 32.2.